The Balaban J connectivity index is 1.16. The van der Waals surface area contributed by atoms with Gasteiger partial charge in [0.2, 0.25) is 0 Å². The molecule has 0 bridgehead atoms. The van der Waals surface area contributed by atoms with Gasteiger partial charge >= 0.3 is 0 Å². The first-order chi connectivity index (χ1) is 30.8. The van der Waals surface area contributed by atoms with Gasteiger partial charge in [-0.3, -0.25) is 0 Å². The zero-order chi connectivity index (χ0) is 41.2. The Bertz CT molecular complexity index is 3260. The van der Waals surface area contributed by atoms with Crippen molar-refractivity contribution in [1.29, 1.82) is 0 Å². The summed E-state index contributed by atoms with van der Waals surface area (Å²) in [6.07, 6.45) is 0. The zero-order valence-electron chi connectivity index (χ0n) is 34.1. The van der Waals surface area contributed by atoms with E-state index >= 15 is 0 Å². The lowest BCUT2D eigenvalue weighted by Crippen LogP contribution is -2.13. The fourth-order valence-corrected chi connectivity index (χ4v) is 9.12. The minimum absolute atomic E-state index is 1.07. The van der Waals surface area contributed by atoms with Crippen molar-refractivity contribution in [2.75, 3.05) is 4.90 Å². The molecule has 0 spiro atoms. The van der Waals surface area contributed by atoms with Gasteiger partial charge in [-0.2, -0.15) is 0 Å². The molecule has 0 fully saturated rings. The third-order valence-corrected chi connectivity index (χ3v) is 12.0. The van der Waals surface area contributed by atoms with E-state index < -0.39 is 0 Å². The van der Waals surface area contributed by atoms with Crippen molar-refractivity contribution < 1.29 is 0 Å². The molecule has 0 radical (unpaired) electrons. The predicted octanol–water partition coefficient (Wildman–Crippen LogP) is 16.6. The molecule has 0 saturated heterocycles. The van der Waals surface area contributed by atoms with Gasteiger partial charge in [-0.15, -0.1) is 0 Å². The van der Waals surface area contributed by atoms with E-state index in [0.717, 1.165) is 50.5 Å². The van der Waals surface area contributed by atoms with Gasteiger partial charge in [0.25, 0.3) is 0 Å². The largest absolute Gasteiger partial charge is 0.309 e. The van der Waals surface area contributed by atoms with Gasteiger partial charge in [-0.1, -0.05) is 212 Å². The normalized spacial score (nSPS) is 11.2. The molecule has 11 aromatic rings. The van der Waals surface area contributed by atoms with Crippen LogP contribution in [0, 0.1) is 0 Å². The van der Waals surface area contributed by atoms with Crippen LogP contribution in [0.4, 0.5) is 17.1 Å². The molecule has 10 aromatic carbocycles. The number of aromatic nitrogens is 1. The van der Waals surface area contributed by atoms with Crippen LogP contribution in [0.15, 0.2) is 255 Å². The predicted molar refractivity (Wildman–Crippen MR) is 263 cm³/mol. The molecular formula is C60H42N2. The molecule has 2 nitrogen and oxygen atoms in total. The number of benzene rings is 10. The Hall–Kier alpha value is -8.20. The number of hydrogen-bond donors (Lipinski definition) is 0. The first-order valence-electron chi connectivity index (χ1n) is 21.3. The van der Waals surface area contributed by atoms with Crippen LogP contribution < -0.4 is 4.90 Å². The Morgan fingerprint density at radius 1 is 0.258 bits per heavy atom. The molecule has 0 aliphatic heterocycles. The molecule has 2 heteroatoms. The minimum Gasteiger partial charge on any atom is -0.309 e. The fraction of sp³-hybridized carbons (Fsp3) is 0. The highest BCUT2D eigenvalue weighted by Crippen LogP contribution is 2.48. The molecule has 0 aliphatic carbocycles. The second kappa shape index (κ2) is 16.1. The maximum absolute atomic E-state index is 2.47. The average molecular weight is 791 g/mol. The van der Waals surface area contributed by atoms with Crippen molar-refractivity contribution in [2.24, 2.45) is 0 Å². The van der Waals surface area contributed by atoms with Gasteiger partial charge in [0.15, 0.2) is 0 Å². The Kier molecular flexibility index (Phi) is 9.57. The van der Waals surface area contributed by atoms with E-state index in [0.29, 0.717) is 0 Å². The van der Waals surface area contributed by atoms with Crippen molar-refractivity contribution in [3.05, 3.63) is 255 Å². The quantitative estimate of drug-likeness (QED) is 0.141. The first-order valence-corrected chi connectivity index (χ1v) is 21.3. The highest BCUT2D eigenvalue weighted by Gasteiger charge is 2.24. The van der Waals surface area contributed by atoms with Crippen LogP contribution in [-0.2, 0) is 0 Å². The Morgan fingerprint density at radius 3 is 1.32 bits per heavy atom. The molecule has 0 saturated carbocycles. The second-order valence-electron chi connectivity index (χ2n) is 15.7. The number of rotatable bonds is 9. The monoisotopic (exact) mass is 790 g/mol. The molecule has 11 rings (SSSR count). The first kappa shape index (κ1) is 36.8. The van der Waals surface area contributed by atoms with Crippen molar-refractivity contribution in [3.63, 3.8) is 0 Å². The third-order valence-electron chi connectivity index (χ3n) is 12.0. The van der Waals surface area contributed by atoms with Gasteiger partial charge in [-0.25, -0.2) is 0 Å². The van der Waals surface area contributed by atoms with Gasteiger partial charge < -0.3 is 9.47 Å². The lowest BCUT2D eigenvalue weighted by molar-refractivity contribution is 1.18. The van der Waals surface area contributed by atoms with Crippen LogP contribution in [0.25, 0.3) is 83.1 Å². The van der Waals surface area contributed by atoms with E-state index in [4.69, 9.17) is 0 Å². The van der Waals surface area contributed by atoms with Crippen LogP contribution in [-0.4, -0.2) is 4.57 Å². The summed E-state index contributed by atoms with van der Waals surface area (Å²) in [4.78, 5) is 2.47. The third kappa shape index (κ3) is 6.74. The highest BCUT2D eigenvalue weighted by molar-refractivity contribution is 6.11. The van der Waals surface area contributed by atoms with Crippen molar-refractivity contribution in [2.45, 2.75) is 0 Å². The maximum atomic E-state index is 2.47. The number of anilines is 3. The van der Waals surface area contributed by atoms with Gasteiger partial charge in [0, 0.05) is 39.0 Å². The number of hydrogen-bond acceptors (Lipinski definition) is 1. The fourth-order valence-electron chi connectivity index (χ4n) is 9.12. The Morgan fingerprint density at radius 2 is 0.694 bits per heavy atom. The number of nitrogens with zero attached hydrogens (tertiary/aromatic N) is 2. The lowest BCUT2D eigenvalue weighted by Gasteiger charge is -2.31. The van der Waals surface area contributed by atoms with E-state index in [1.54, 1.807) is 0 Å². The molecule has 1 aromatic heterocycles. The van der Waals surface area contributed by atoms with E-state index in [1.807, 2.05) is 0 Å². The summed E-state index contributed by atoms with van der Waals surface area (Å²) in [6.45, 7) is 0. The molecule has 0 amide bonds. The molecule has 62 heavy (non-hydrogen) atoms. The zero-order valence-corrected chi connectivity index (χ0v) is 34.1. The summed E-state index contributed by atoms with van der Waals surface area (Å²) < 4.78 is 2.45. The second-order valence-corrected chi connectivity index (χ2v) is 15.7. The van der Waals surface area contributed by atoms with Crippen molar-refractivity contribution in [3.8, 4) is 61.3 Å². The summed E-state index contributed by atoms with van der Waals surface area (Å²) in [7, 11) is 0. The summed E-state index contributed by atoms with van der Waals surface area (Å²) >= 11 is 0. The van der Waals surface area contributed by atoms with E-state index in [9.17, 15) is 0 Å². The summed E-state index contributed by atoms with van der Waals surface area (Å²) in [6, 6.07) is 92.2. The standard InChI is InChI=1S/C60H42N2/c1-5-19-43(20-6-1)44-35-37-49(38-36-44)61(60-54(46-23-9-3-10-24-46)32-18-33-55(60)47-25-11-4-12-26-47)51-39-40-57-56-31-15-16-34-58(56)62(59(57)42-51)50-28-17-27-48(41-50)53-30-14-13-29-52(53)45-21-7-2-8-22-45/h1-42H. The van der Waals surface area contributed by atoms with E-state index in [1.165, 1.54) is 49.7 Å². The molecule has 0 atom stereocenters. The molecule has 0 aliphatic rings. The van der Waals surface area contributed by atoms with Crippen LogP contribution in [0.1, 0.15) is 0 Å². The summed E-state index contributed by atoms with van der Waals surface area (Å²) in [5.41, 5.74) is 18.5. The number of para-hydroxylation sites is 2. The Labute approximate surface area is 362 Å². The average Bonchev–Trinajstić information content (AvgIpc) is 3.69. The van der Waals surface area contributed by atoms with Gasteiger partial charge in [0.05, 0.1) is 16.7 Å². The van der Waals surface area contributed by atoms with Gasteiger partial charge in [-0.05, 0) is 87.0 Å². The van der Waals surface area contributed by atoms with E-state index in [2.05, 4.69) is 264 Å². The van der Waals surface area contributed by atoms with Crippen molar-refractivity contribution >= 4 is 38.9 Å². The van der Waals surface area contributed by atoms with E-state index in [-0.39, 0.29) is 0 Å². The van der Waals surface area contributed by atoms with Crippen molar-refractivity contribution in [1.82, 2.24) is 4.57 Å². The summed E-state index contributed by atoms with van der Waals surface area (Å²) in [5.74, 6) is 0. The minimum atomic E-state index is 1.07. The van der Waals surface area contributed by atoms with Crippen LogP contribution in [0.5, 0.6) is 0 Å². The van der Waals surface area contributed by atoms with Crippen LogP contribution >= 0.6 is 0 Å². The molecule has 0 N–H and O–H groups in total. The van der Waals surface area contributed by atoms with Crippen LogP contribution in [0.2, 0.25) is 0 Å². The topological polar surface area (TPSA) is 8.17 Å². The van der Waals surface area contributed by atoms with Gasteiger partial charge in [0.1, 0.15) is 0 Å². The summed E-state index contributed by atoms with van der Waals surface area (Å²) in [5, 5.41) is 2.43. The molecule has 1 heterocycles. The number of fused-ring (bicyclic) bond motifs is 3. The smallest absolute Gasteiger partial charge is 0.0618 e. The molecule has 292 valence electrons. The molecular weight excluding hydrogens is 749 g/mol. The highest BCUT2D eigenvalue weighted by atomic mass is 15.1. The molecule has 0 unspecified atom stereocenters. The maximum Gasteiger partial charge on any atom is 0.0618 e. The van der Waals surface area contributed by atoms with Crippen LogP contribution in [0.3, 0.4) is 0 Å². The SMILES string of the molecule is c1ccc(-c2ccc(N(c3ccc4c5ccccc5n(-c5cccc(-c6ccccc6-c6ccccc6)c5)c4c3)c3c(-c4ccccc4)cccc3-c3ccccc3)cc2)cc1. The lowest BCUT2D eigenvalue weighted by atomic mass is 9.94.